The molecule has 2 heterocycles. The molecule has 1 aromatic carbocycles. The Kier molecular flexibility index (Phi) is 4.12. The van der Waals surface area contributed by atoms with Gasteiger partial charge >= 0.3 is 0 Å². The van der Waals surface area contributed by atoms with Crippen molar-refractivity contribution in [3.8, 4) is 5.75 Å². The van der Waals surface area contributed by atoms with Crippen LogP contribution in [0.3, 0.4) is 0 Å². The van der Waals surface area contributed by atoms with E-state index in [9.17, 15) is 13.5 Å². The Bertz CT molecular complexity index is 727. The molecule has 0 spiro atoms. The maximum absolute atomic E-state index is 12.6. The van der Waals surface area contributed by atoms with Gasteiger partial charge in [-0.1, -0.05) is 6.07 Å². The van der Waals surface area contributed by atoms with Crippen molar-refractivity contribution in [1.82, 2.24) is 4.31 Å². The molecular weight excluding hydrogens is 320 g/mol. The summed E-state index contributed by atoms with van der Waals surface area (Å²) in [5.41, 5.74) is 0.999. The van der Waals surface area contributed by atoms with E-state index in [1.54, 1.807) is 34.0 Å². The molecule has 1 aromatic heterocycles. The molecule has 22 heavy (non-hydrogen) atoms. The van der Waals surface area contributed by atoms with Gasteiger partial charge in [0.25, 0.3) is 10.0 Å². The molecule has 118 valence electrons. The lowest BCUT2D eigenvalue weighted by molar-refractivity contribution is 0.343. The van der Waals surface area contributed by atoms with Crippen LogP contribution in [0.2, 0.25) is 0 Å². The number of phenols is 1. The molecule has 0 aliphatic carbocycles. The van der Waals surface area contributed by atoms with Crippen molar-refractivity contribution in [2.45, 2.75) is 17.2 Å². The number of phenolic OH excluding ortho intramolecular Hbond substituents is 1. The third-order valence-corrected chi connectivity index (χ3v) is 7.10. The Morgan fingerprint density at radius 2 is 1.91 bits per heavy atom. The molecule has 0 amide bonds. The summed E-state index contributed by atoms with van der Waals surface area (Å²) in [5, 5.41) is 11.2. The zero-order valence-electron chi connectivity index (χ0n) is 12.2. The maximum Gasteiger partial charge on any atom is 0.252 e. The molecule has 0 unspecified atom stereocenters. The minimum Gasteiger partial charge on any atom is -0.508 e. The summed E-state index contributed by atoms with van der Waals surface area (Å²) in [6, 6.07) is 10.5. The van der Waals surface area contributed by atoms with E-state index in [-0.39, 0.29) is 11.8 Å². The average molecular weight is 338 g/mol. The largest absolute Gasteiger partial charge is 0.508 e. The second-order valence-electron chi connectivity index (χ2n) is 5.35. The van der Waals surface area contributed by atoms with Crippen LogP contribution in [0.1, 0.15) is 6.92 Å². The molecule has 1 fully saturated rings. The Hall–Kier alpha value is -1.57. The van der Waals surface area contributed by atoms with E-state index >= 15 is 0 Å². The van der Waals surface area contributed by atoms with Crippen molar-refractivity contribution in [1.29, 1.82) is 0 Å². The first-order valence-corrected chi connectivity index (χ1v) is 9.40. The summed E-state index contributed by atoms with van der Waals surface area (Å²) in [6.07, 6.45) is 0. The van der Waals surface area contributed by atoms with E-state index in [2.05, 4.69) is 4.90 Å². The van der Waals surface area contributed by atoms with Gasteiger partial charge in [-0.15, -0.1) is 11.3 Å². The van der Waals surface area contributed by atoms with E-state index in [1.807, 2.05) is 19.1 Å². The zero-order valence-corrected chi connectivity index (χ0v) is 13.8. The highest BCUT2D eigenvalue weighted by atomic mass is 32.2. The number of nitrogens with zero attached hydrogens (tertiary/aromatic N) is 2. The summed E-state index contributed by atoms with van der Waals surface area (Å²) in [7, 11) is -3.38. The highest BCUT2D eigenvalue weighted by Gasteiger charge is 2.32. The fourth-order valence-electron chi connectivity index (χ4n) is 2.71. The van der Waals surface area contributed by atoms with Gasteiger partial charge in [0.1, 0.15) is 9.96 Å². The molecule has 1 N–H and O–H groups in total. The quantitative estimate of drug-likeness (QED) is 0.933. The molecule has 1 aliphatic rings. The summed E-state index contributed by atoms with van der Waals surface area (Å²) >= 11 is 1.25. The van der Waals surface area contributed by atoms with Gasteiger partial charge in [-0.25, -0.2) is 8.42 Å². The van der Waals surface area contributed by atoms with Gasteiger partial charge in [-0.05, 0) is 42.6 Å². The number of hydrogen-bond donors (Lipinski definition) is 1. The van der Waals surface area contributed by atoms with Crippen LogP contribution in [0.4, 0.5) is 5.69 Å². The van der Waals surface area contributed by atoms with E-state index in [1.165, 1.54) is 11.3 Å². The number of piperazine rings is 1. The van der Waals surface area contributed by atoms with Crippen molar-refractivity contribution in [3.05, 3.63) is 41.8 Å². The first kappa shape index (κ1) is 15.3. The number of rotatable bonds is 3. The van der Waals surface area contributed by atoms with Gasteiger partial charge < -0.3 is 10.0 Å². The molecule has 1 atom stereocenters. The van der Waals surface area contributed by atoms with Gasteiger partial charge in [0.2, 0.25) is 0 Å². The molecule has 7 heteroatoms. The van der Waals surface area contributed by atoms with Gasteiger partial charge in [-0.3, -0.25) is 0 Å². The second kappa shape index (κ2) is 5.91. The first-order valence-electron chi connectivity index (χ1n) is 7.08. The zero-order chi connectivity index (χ0) is 15.7. The minimum atomic E-state index is -3.38. The molecule has 5 nitrogen and oxygen atoms in total. The smallest absolute Gasteiger partial charge is 0.252 e. The lowest BCUT2D eigenvalue weighted by Crippen LogP contribution is -2.53. The Balaban J connectivity index is 1.76. The Morgan fingerprint density at radius 1 is 1.18 bits per heavy atom. The lowest BCUT2D eigenvalue weighted by Gasteiger charge is -2.40. The highest BCUT2D eigenvalue weighted by molar-refractivity contribution is 7.91. The summed E-state index contributed by atoms with van der Waals surface area (Å²) in [5.74, 6) is 0.232. The number of thiophene rings is 1. The van der Waals surface area contributed by atoms with Crippen LogP contribution < -0.4 is 4.90 Å². The second-order valence-corrected chi connectivity index (χ2v) is 8.47. The van der Waals surface area contributed by atoms with E-state index < -0.39 is 10.0 Å². The van der Waals surface area contributed by atoms with E-state index in [0.717, 1.165) is 5.69 Å². The molecule has 0 radical (unpaired) electrons. The van der Waals surface area contributed by atoms with Crippen LogP contribution in [0, 0.1) is 0 Å². The van der Waals surface area contributed by atoms with Crippen LogP contribution in [-0.2, 0) is 10.0 Å². The molecule has 0 saturated carbocycles. The minimum absolute atomic E-state index is 0.0769. The lowest BCUT2D eigenvalue weighted by atomic mass is 10.2. The predicted octanol–water partition coefficient (Wildman–Crippen LogP) is 2.35. The number of aromatic hydroxyl groups is 1. The third kappa shape index (κ3) is 2.84. The predicted molar refractivity (Wildman–Crippen MR) is 88.0 cm³/mol. The molecule has 1 saturated heterocycles. The Morgan fingerprint density at radius 3 is 2.50 bits per heavy atom. The van der Waals surface area contributed by atoms with Crippen LogP contribution >= 0.6 is 11.3 Å². The van der Waals surface area contributed by atoms with Gasteiger partial charge in [0.15, 0.2) is 0 Å². The van der Waals surface area contributed by atoms with Crippen molar-refractivity contribution in [2.75, 3.05) is 24.5 Å². The van der Waals surface area contributed by atoms with E-state index in [4.69, 9.17) is 0 Å². The third-order valence-electron chi connectivity index (χ3n) is 3.86. The van der Waals surface area contributed by atoms with E-state index in [0.29, 0.717) is 23.8 Å². The number of anilines is 1. The molecular formula is C15H18N2O3S2. The highest BCUT2D eigenvalue weighted by Crippen LogP contribution is 2.27. The SMILES string of the molecule is C[C@H]1CN(S(=O)(=O)c2cccs2)CCN1c1ccc(O)cc1. The summed E-state index contributed by atoms with van der Waals surface area (Å²) < 4.78 is 27.1. The average Bonchev–Trinajstić information content (AvgIpc) is 3.03. The topological polar surface area (TPSA) is 60.9 Å². The van der Waals surface area contributed by atoms with Crippen LogP contribution in [0.15, 0.2) is 46.0 Å². The van der Waals surface area contributed by atoms with Crippen molar-refractivity contribution in [3.63, 3.8) is 0 Å². The normalized spacial score (nSPS) is 20.2. The van der Waals surface area contributed by atoms with Crippen LogP contribution in [0.25, 0.3) is 0 Å². The fraction of sp³-hybridized carbons (Fsp3) is 0.333. The number of sulfonamides is 1. The van der Waals surface area contributed by atoms with Crippen molar-refractivity contribution >= 4 is 27.0 Å². The fourth-order valence-corrected chi connectivity index (χ4v) is 5.36. The first-order chi connectivity index (χ1) is 10.5. The van der Waals surface area contributed by atoms with Gasteiger partial charge in [0.05, 0.1) is 0 Å². The van der Waals surface area contributed by atoms with Gasteiger partial charge in [-0.2, -0.15) is 4.31 Å². The maximum atomic E-state index is 12.6. The monoisotopic (exact) mass is 338 g/mol. The van der Waals surface area contributed by atoms with Crippen LogP contribution in [-0.4, -0.2) is 43.5 Å². The standard InChI is InChI=1S/C15H18N2O3S2/c1-12-11-16(22(19,20)15-3-2-10-21-15)8-9-17(12)13-4-6-14(18)7-5-13/h2-7,10,12,18H,8-9,11H2,1H3/t12-/m0/s1. The molecule has 3 rings (SSSR count). The number of benzene rings is 1. The Labute approximate surface area is 134 Å². The van der Waals surface area contributed by atoms with Crippen LogP contribution in [0.5, 0.6) is 5.75 Å². The van der Waals surface area contributed by atoms with Gasteiger partial charge in [0, 0.05) is 31.4 Å². The molecule has 0 bridgehead atoms. The molecule has 2 aromatic rings. The van der Waals surface area contributed by atoms with Crippen molar-refractivity contribution in [2.24, 2.45) is 0 Å². The summed E-state index contributed by atoms with van der Waals surface area (Å²) in [4.78, 5) is 2.17. The molecule has 1 aliphatic heterocycles. The summed E-state index contributed by atoms with van der Waals surface area (Å²) in [6.45, 7) is 3.58. The number of hydrogen-bond acceptors (Lipinski definition) is 5. The van der Waals surface area contributed by atoms with Crippen molar-refractivity contribution < 1.29 is 13.5 Å².